The molecule has 0 radical (unpaired) electrons. The number of amidine groups is 1. The molecule has 0 spiro atoms. The number of methoxy groups -OCH3 is 1. The van der Waals surface area contributed by atoms with Crippen molar-refractivity contribution in [1.82, 2.24) is 10.2 Å². The molecule has 0 saturated carbocycles. The molecule has 0 aliphatic heterocycles. The molecule has 0 unspecified atom stereocenters. The van der Waals surface area contributed by atoms with Crippen LogP contribution in [0.2, 0.25) is 0 Å². The molecule has 0 saturated heterocycles. The Bertz CT molecular complexity index is 468. The number of rotatable bonds is 9. The Balaban J connectivity index is 2.43. The summed E-state index contributed by atoms with van der Waals surface area (Å²) in [5.41, 5.74) is 6.58. The summed E-state index contributed by atoms with van der Waals surface area (Å²) in [5, 5.41) is 14.7. The fraction of sp³-hybridized carbons (Fsp3) is 0.500. The second-order valence-corrected chi connectivity index (χ2v) is 4.81. The van der Waals surface area contributed by atoms with E-state index in [1.165, 1.54) is 12.1 Å². The van der Waals surface area contributed by atoms with Crippen LogP contribution in [-0.2, 0) is 11.3 Å². The summed E-state index contributed by atoms with van der Waals surface area (Å²) < 4.78 is 18.5. The van der Waals surface area contributed by atoms with E-state index in [1.807, 2.05) is 7.05 Å². The van der Waals surface area contributed by atoms with E-state index in [-0.39, 0.29) is 5.84 Å². The largest absolute Gasteiger partial charge is 0.409 e. The number of oxime groups is 1. The van der Waals surface area contributed by atoms with Gasteiger partial charge in [-0.3, -0.25) is 0 Å². The summed E-state index contributed by atoms with van der Waals surface area (Å²) >= 11 is 0. The molecule has 4 N–H and O–H groups in total. The fourth-order valence-electron chi connectivity index (χ4n) is 1.82. The van der Waals surface area contributed by atoms with Crippen molar-refractivity contribution in [3.05, 3.63) is 35.1 Å². The fourth-order valence-corrected chi connectivity index (χ4v) is 1.82. The predicted octanol–water partition coefficient (Wildman–Crippen LogP) is 0.588. The molecule has 7 heteroatoms. The molecule has 6 nitrogen and oxygen atoms in total. The van der Waals surface area contributed by atoms with E-state index in [0.29, 0.717) is 18.7 Å². The van der Waals surface area contributed by atoms with Gasteiger partial charge in [0, 0.05) is 38.9 Å². The predicted molar refractivity (Wildman–Crippen MR) is 80.0 cm³/mol. The molecule has 0 atom stereocenters. The number of nitrogens with one attached hydrogen (secondary N) is 1. The molecule has 0 aliphatic rings. The number of hydrogen-bond acceptors (Lipinski definition) is 5. The van der Waals surface area contributed by atoms with E-state index in [4.69, 9.17) is 15.7 Å². The number of hydrogen-bond donors (Lipinski definition) is 3. The van der Waals surface area contributed by atoms with Crippen LogP contribution in [-0.4, -0.2) is 56.3 Å². The van der Waals surface area contributed by atoms with Crippen LogP contribution in [0.25, 0.3) is 0 Å². The lowest BCUT2D eigenvalue weighted by Crippen LogP contribution is -2.31. The molecule has 0 aromatic heterocycles. The molecule has 118 valence electrons. The van der Waals surface area contributed by atoms with Crippen molar-refractivity contribution in [3.63, 3.8) is 0 Å². The van der Waals surface area contributed by atoms with Crippen LogP contribution >= 0.6 is 0 Å². The molecule has 0 bridgehead atoms. The zero-order valence-electron chi connectivity index (χ0n) is 12.5. The maximum Gasteiger partial charge on any atom is 0.170 e. The van der Waals surface area contributed by atoms with Crippen molar-refractivity contribution >= 4 is 5.84 Å². The van der Waals surface area contributed by atoms with E-state index in [0.717, 1.165) is 25.2 Å². The highest BCUT2D eigenvalue weighted by Gasteiger charge is 2.05. The van der Waals surface area contributed by atoms with Gasteiger partial charge < -0.3 is 25.9 Å². The Morgan fingerprint density at radius 1 is 1.43 bits per heavy atom. The van der Waals surface area contributed by atoms with Gasteiger partial charge >= 0.3 is 0 Å². The zero-order valence-corrected chi connectivity index (χ0v) is 12.5. The van der Waals surface area contributed by atoms with Gasteiger partial charge in [0.05, 0.1) is 6.61 Å². The third kappa shape index (κ3) is 6.52. The number of benzene rings is 1. The average Bonchev–Trinajstić information content (AvgIpc) is 2.48. The first kappa shape index (κ1) is 17.4. The van der Waals surface area contributed by atoms with E-state index in [9.17, 15) is 4.39 Å². The van der Waals surface area contributed by atoms with Gasteiger partial charge in [0.15, 0.2) is 5.84 Å². The summed E-state index contributed by atoms with van der Waals surface area (Å²) in [6, 6.07) is 4.35. The van der Waals surface area contributed by atoms with Crippen LogP contribution in [0.5, 0.6) is 0 Å². The topological polar surface area (TPSA) is 83.1 Å². The minimum absolute atomic E-state index is 0.102. The maximum atomic E-state index is 13.5. The Kier molecular flexibility index (Phi) is 7.66. The van der Waals surface area contributed by atoms with E-state index in [2.05, 4.69) is 15.4 Å². The van der Waals surface area contributed by atoms with Crippen LogP contribution in [0.1, 0.15) is 11.1 Å². The van der Waals surface area contributed by atoms with Crippen molar-refractivity contribution in [1.29, 1.82) is 0 Å². The van der Waals surface area contributed by atoms with Crippen molar-refractivity contribution in [2.75, 3.05) is 40.4 Å². The SMILES string of the molecule is COCCN(C)CCNCc1cc(F)cc(/C(N)=N/O)c1. The zero-order chi connectivity index (χ0) is 15.7. The second kappa shape index (κ2) is 9.28. The molecule has 21 heavy (non-hydrogen) atoms. The standard InChI is InChI=1S/C14H23FN4O2/c1-19(5-6-21-2)4-3-17-10-11-7-12(14(16)18-20)9-13(15)8-11/h7-9,17,20H,3-6,10H2,1-2H3,(H2,16,18). The maximum absolute atomic E-state index is 13.5. The first-order chi connectivity index (χ1) is 10.1. The molecule has 1 aromatic rings. The Morgan fingerprint density at radius 2 is 2.19 bits per heavy atom. The van der Waals surface area contributed by atoms with Gasteiger partial charge in [0.1, 0.15) is 5.82 Å². The van der Waals surface area contributed by atoms with Crippen molar-refractivity contribution in [2.24, 2.45) is 10.9 Å². The number of halogens is 1. The monoisotopic (exact) mass is 298 g/mol. The lowest BCUT2D eigenvalue weighted by Gasteiger charge is -2.16. The molecular weight excluding hydrogens is 275 g/mol. The minimum Gasteiger partial charge on any atom is -0.409 e. The van der Waals surface area contributed by atoms with Crippen molar-refractivity contribution in [2.45, 2.75) is 6.54 Å². The second-order valence-electron chi connectivity index (χ2n) is 4.81. The van der Waals surface area contributed by atoms with E-state index < -0.39 is 5.82 Å². The molecule has 0 aliphatic carbocycles. The smallest absolute Gasteiger partial charge is 0.170 e. The third-order valence-corrected chi connectivity index (χ3v) is 3.04. The average molecular weight is 298 g/mol. The van der Waals surface area contributed by atoms with Gasteiger partial charge in [-0.2, -0.15) is 0 Å². The number of nitrogens with zero attached hydrogens (tertiary/aromatic N) is 2. The van der Waals surface area contributed by atoms with Gasteiger partial charge in [-0.15, -0.1) is 0 Å². The number of nitrogens with two attached hydrogens (primary N) is 1. The van der Waals surface area contributed by atoms with Gasteiger partial charge in [-0.25, -0.2) is 4.39 Å². The lowest BCUT2D eigenvalue weighted by molar-refractivity contribution is 0.161. The number of likely N-dealkylation sites (N-methyl/N-ethyl adjacent to an activating group) is 1. The highest BCUT2D eigenvalue weighted by Crippen LogP contribution is 2.09. The first-order valence-corrected chi connectivity index (χ1v) is 6.72. The molecule has 1 aromatic carbocycles. The normalized spacial score (nSPS) is 12.1. The van der Waals surface area contributed by atoms with Gasteiger partial charge in [-0.05, 0) is 30.8 Å². The minimum atomic E-state index is -0.409. The Morgan fingerprint density at radius 3 is 2.86 bits per heavy atom. The first-order valence-electron chi connectivity index (χ1n) is 6.72. The van der Waals surface area contributed by atoms with Gasteiger partial charge in [-0.1, -0.05) is 5.16 Å². The third-order valence-electron chi connectivity index (χ3n) is 3.04. The van der Waals surface area contributed by atoms with Crippen LogP contribution in [0.4, 0.5) is 4.39 Å². The molecule has 0 heterocycles. The van der Waals surface area contributed by atoms with Crippen LogP contribution in [0, 0.1) is 5.82 Å². The van der Waals surface area contributed by atoms with Crippen molar-refractivity contribution < 1.29 is 14.3 Å². The Labute approximate surface area is 124 Å². The van der Waals surface area contributed by atoms with Gasteiger partial charge in [0.2, 0.25) is 0 Å². The molecular formula is C14H23FN4O2. The number of ether oxygens (including phenoxy) is 1. The summed E-state index contributed by atoms with van der Waals surface area (Å²) in [4.78, 5) is 2.14. The van der Waals surface area contributed by atoms with Crippen molar-refractivity contribution in [3.8, 4) is 0 Å². The van der Waals surface area contributed by atoms with Crippen LogP contribution in [0.15, 0.2) is 23.4 Å². The molecule has 1 rings (SSSR count). The van der Waals surface area contributed by atoms with Crippen LogP contribution in [0.3, 0.4) is 0 Å². The van der Waals surface area contributed by atoms with E-state index in [1.54, 1.807) is 13.2 Å². The summed E-state index contributed by atoms with van der Waals surface area (Å²) in [7, 11) is 3.69. The van der Waals surface area contributed by atoms with Crippen LogP contribution < -0.4 is 11.1 Å². The summed E-state index contributed by atoms with van der Waals surface area (Å²) in [6.07, 6.45) is 0. The van der Waals surface area contributed by atoms with Gasteiger partial charge in [0.25, 0.3) is 0 Å². The summed E-state index contributed by atoms with van der Waals surface area (Å²) in [6.45, 7) is 3.72. The quantitative estimate of drug-likeness (QED) is 0.204. The molecule has 0 amide bonds. The lowest BCUT2D eigenvalue weighted by atomic mass is 10.1. The Hall–Kier alpha value is -1.70. The highest BCUT2D eigenvalue weighted by atomic mass is 19.1. The molecule has 0 fully saturated rings. The summed E-state index contributed by atoms with van der Waals surface area (Å²) in [5.74, 6) is -0.511. The van der Waals surface area contributed by atoms with E-state index >= 15 is 0 Å². The highest BCUT2D eigenvalue weighted by molar-refractivity contribution is 5.97.